The van der Waals surface area contributed by atoms with E-state index in [-0.39, 0.29) is 37.7 Å². The number of terminal acetylenes is 1. The summed E-state index contributed by atoms with van der Waals surface area (Å²) >= 11 is 0. The van der Waals surface area contributed by atoms with Crippen molar-refractivity contribution in [3.8, 4) is 12.3 Å². The second kappa shape index (κ2) is 12.0. The van der Waals surface area contributed by atoms with E-state index in [1.54, 1.807) is 23.1 Å². The lowest BCUT2D eigenvalue weighted by atomic mass is 9.89. The Hall–Kier alpha value is -4.36. The molecule has 2 aliphatic heterocycles. The Balaban J connectivity index is 1.28. The molecule has 10 heteroatoms. The van der Waals surface area contributed by atoms with Gasteiger partial charge in [-0.25, -0.2) is 14.4 Å². The zero-order valence-electron chi connectivity index (χ0n) is 23.3. The monoisotopic (exact) mass is 556 g/mol. The number of carbonyl (C=O) groups is 2. The van der Waals surface area contributed by atoms with Crippen LogP contribution in [-0.4, -0.2) is 71.1 Å². The van der Waals surface area contributed by atoms with Gasteiger partial charge in [0.1, 0.15) is 0 Å². The van der Waals surface area contributed by atoms with Crippen LogP contribution in [0.25, 0.3) is 0 Å². The van der Waals surface area contributed by atoms with Crippen LogP contribution < -0.4 is 10.2 Å². The second-order valence-corrected chi connectivity index (χ2v) is 10.3. The van der Waals surface area contributed by atoms with Gasteiger partial charge in [0.2, 0.25) is 5.95 Å². The molecule has 0 atom stereocenters. The van der Waals surface area contributed by atoms with E-state index in [1.807, 2.05) is 24.8 Å². The fourth-order valence-corrected chi connectivity index (χ4v) is 5.20. The van der Waals surface area contributed by atoms with E-state index in [4.69, 9.17) is 11.2 Å². The molecule has 0 saturated carbocycles. The molecule has 2 aliphatic rings. The standard InChI is InChI=1S/C31H33FN6O3/c1-4-22-6-7-27(33-18-22)31(32)8-10-37(11-9-31)29(40)25-17-26(23(5-2)16-21(25)3)36-28(39)24-19-34-30(35-20-24)38-12-14-41-15-13-38/h1,6-7,16-20H,5,8-15H2,2-3H3,(H,36,39). The molecule has 4 heterocycles. The van der Waals surface area contributed by atoms with Crippen molar-refractivity contribution in [2.45, 2.75) is 38.8 Å². The van der Waals surface area contributed by atoms with Gasteiger partial charge in [-0.2, -0.15) is 0 Å². The van der Waals surface area contributed by atoms with Crippen LogP contribution in [0.5, 0.6) is 0 Å². The van der Waals surface area contributed by atoms with Crippen LogP contribution in [0, 0.1) is 19.3 Å². The number of likely N-dealkylation sites (tertiary alicyclic amines) is 1. The normalized spacial score (nSPS) is 16.6. The van der Waals surface area contributed by atoms with Crippen LogP contribution in [-0.2, 0) is 16.8 Å². The summed E-state index contributed by atoms with van der Waals surface area (Å²) in [6.45, 7) is 6.98. The van der Waals surface area contributed by atoms with Crippen LogP contribution in [0.2, 0.25) is 0 Å². The number of carbonyl (C=O) groups excluding carboxylic acids is 2. The number of nitrogens with zero attached hydrogens (tertiary/aromatic N) is 5. The Morgan fingerprint density at radius 3 is 2.39 bits per heavy atom. The van der Waals surface area contributed by atoms with Crippen molar-refractivity contribution < 1.29 is 18.7 Å². The highest BCUT2D eigenvalue weighted by atomic mass is 19.1. The summed E-state index contributed by atoms with van der Waals surface area (Å²) in [5.74, 6) is 2.48. The quantitative estimate of drug-likeness (QED) is 0.460. The molecule has 2 fully saturated rings. The zero-order valence-corrected chi connectivity index (χ0v) is 23.3. The maximum absolute atomic E-state index is 15.7. The van der Waals surface area contributed by atoms with Crippen LogP contribution in [0.3, 0.4) is 0 Å². The molecule has 1 aromatic carbocycles. The number of rotatable bonds is 6. The smallest absolute Gasteiger partial charge is 0.258 e. The van der Waals surface area contributed by atoms with E-state index in [0.29, 0.717) is 66.7 Å². The lowest BCUT2D eigenvalue weighted by Crippen LogP contribution is -2.43. The third kappa shape index (κ3) is 6.05. The number of amides is 2. The van der Waals surface area contributed by atoms with Gasteiger partial charge >= 0.3 is 0 Å². The predicted octanol–water partition coefficient (Wildman–Crippen LogP) is 3.91. The summed E-state index contributed by atoms with van der Waals surface area (Å²) < 4.78 is 21.1. The average molecular weight is 557 g/mol. The van der Waals surface area contributed by atoms with E-state index >= 15 is 4.39 Å². The first kappa shape index (κ1) is 28.2. The number of nitrogens with one attached hydrogen (secondary N) is 1. The SMILES string of the molecule is C#Cc1ccc(C2(F)CCN(C(=O)c3cc(NC(=O)c4cnc(N5CCOCC5)nc4)c(CC)cc3C)CC2)nc1. The minimum Gasteiger partial charge on any atom is -0.378 e. The number of pyridine rings is 1. The number of piperidine rings is 1. The molecule has 5 rings (SSSR count). The number of alkyl halides is 1. The molecule has 1 N–H and O–H groups in total. The van der Waals surface area contributed by atoms with Gasteiger partial charge < -0.3 is 19.9 Å². The number of aromatic nitrogens is 3. The number of morpholine rings is 1. The molecule has 0 radical (unpaired) electrons. The van der Waals surface area contributed by atoms with Gasteiger partial charge in [-0.3, -0.25) is 14.6 Å². The number of aryl methyl sites for hydroxylation is 2. The molecule has 0 aliphatic carbocycles. The van der Waals surface area contributed by atoms with Gasteiger partial charge in [0, 0.05) is 74.4 Å². The maximum Gasteiger partial charge on any atom is 0.258 e. The summed E-state index contributed by atoms with van der Waals surface area (Å²) in [6.07, 6.45) is 10.8. The van der Waals surface area contributed by atoms with Crippen LogP contribution in [0.1, 0.15) is 62.9 Å². The van der Waals surface area contributed by atoms with Gasteiger partial charge in [-0.1, -0.05) is 18.9 Å². The van der Waals surface area contributed by atoms with Crippen molar-refractivity contribution in [2.24, 2.45) is 0 Å². The van der Waals surface area contributed by atoms with Crippen LogP contribution >= 0.6 is 0 Å². The number of halogens is 1. The molecule has 41 heavy (non-hydrogen) atoms. The summed E-state index contributed by atoms with van der Waals surface area (Å²) in [5, 5.41) is 2.94. The van der Waals surface area contributed by atoms with E-state index in [0.717, 1.165) is 11.1 Å². The fraction of sp³-hybridized carbons (Fsp3) is 0.387. The molecule has 0 bridgehead atoms. The minimum atomic E-state index is -1.62. The lowest BCUT2D eigenvalue weighted by Gasteiger charge is -2.36. The van der Waals surface area contributed by atoms with Crippen molar-refractivity contribution in [3.05, 3.63) is 76.4 Å². The molecule has 2 amide bonds. The summed E-state index contributed by atoms with van der Waals surface area (Å²) in [7, 11) is 0. The Morgan fingerprint density at radius 2 is 1.78 bits per heavy atom. The molecular weight excluding hydrogens is 523 g/mol. The number of hydrogen-bond donors (Lipinski definition) is 1. The summed E-state index contributed by atoms with van der Waals surface area (Å²) in [6, 6.07) is 6.94. The fourth-order valence-electron chi connectivity index (χ4n) is 5.20. The molecule has 3 aromatic rings. The molecule has 2 saturated heterocycles. The average Bonchev–Trinajstić information content (AvgIpc) is 3.02. The Morgan fingerprint density at radius 1 is 1.07 bits per heavy atom. The van der Waals surface area contributed by atoms with Crippen molar-refractivity contribution in [1.82, 2.24) is 19.9 Å². The number of ether oxygens (including phenoxy) is 1. The molecule has 9 nitrogen and oxygen atoms in total. The van der Waals surface area contributed by atoms with Crippen LogP contribution in [0.4, 0.5) is 16.0 Å². The van der Waals surface area contributed by atoms with E-state index in [2.05, 4.69) is 26.2 Å². The third-order valence-electron chi connectivity index (χ3n) is 7.74. The van der Waals surface area contributed by atoms with Gasteiger partial charge in [0.25, 0.3) is 11.8 Å². The van der Waals surface area contributed by atoms with Crippen molar-refractivity contribution in [3.63, 3.8) is 0 Å². The van der Waals surface area contributed by atoms with Gasteiger partial charge in [0.05, 0.1) is 24.5 Å². The van der Waals surface area contributed by atoms with E-state index < -0.39 is 5.67 Å². The first-order chi connectivity index (χ1) is 19.8. The number of anilines is 2. The van der Waals surface area contributed by atoms with Crippen molar-refractivity contribution >= 4 is 23.5 Å². The van der Waals surface area contributed by atoms with Gasteiger partial charge in [0.15, 0.2) is 5.67 Å². The zero-order chi connectivity index (χ0) is 29.0. The Bertz CT molecular complexity index is 1450. The highest BCUT2D eigenvalue weighted by molar-refractivity contribution is 6.05. The molecule has 0 spiro atoms. The Labute approximate surface area is 239 Å². The third-order valence-corrected chi connectivity index (χ3v) is 7.74. The number of benzene rings is 1. The van der Waals surface area contributed by atoms with Gasteiger partial charge in [-0.05, 0) is 42.7 Å². The van der Waals surface area contributed by atoms with Crippen LogP contribution in [0.15, 0.2) is 42.9 Å². The van der Waals surface area contributed by atoms with E-state index in [1.165, 1.54) is 18.6 Å². The highest BCUT2D eigenvalue weighted by Gasteiger charge is 2.39. The highest BCUT2D eigenvalue weighted by Crippen LogP contribution is 2.36. The van der Waals surface area contributed by atoms with Gasteiger partial charge in [-0.15, -0.1) is 6.42 Å². The van der Waals surface area contributed by atoms with Crippen molar-refractivity contribution in [1.29, 1.82) is 0 Å². The molecule has 2 aromatic heterocycles. The summed E-state index contributed by atoms with van der Waals surface area (Å²) in [5.41, 5.74) is 2.35. The van der Waals surface area contributed by atoms with E-state index in [9.17, 15) is 9.59 Å². The largest absolute Gasteiger partial charge is 0.378 e. The topological polar surface area (TPSA) is 101 Å². The second-order valence-electron chi connectivity index (χ2n) is 10.3. The molecular formula is C31H33FN6O3. The molecule has 0 unspecified atom stereocenters. The lowest BCUT2D eigenvalue weighted by molar-refractivity contribution is 0.0402. The maximum atomic E-state index is 15.7. The number of hydrogen-bond acceptors (Lipinski definition) is 7. The molecule has 212 valence electrons. The predicted molar refractivity (Wildman–Crippen MR) is 154 cm³/mol. The minimum absolute atomic E-state index is 0.136. The Kier molecular flexibility index (Phi) is 8.26. The summed E-state index contributed by atoms with van der Waals surface area (Å²) in [4.78, 5) is 43.3. The first-order valence-electron chi connectivity index (χ1n) is 13.8. The van der Waals surface area contributed by atoms with Crippen molar-refractivity contribution in [2.75, 3.05) is 49.6 Å². The first-order valence-corrected chi connectivity index (χ1v) is 13.8.